The monoisotopic (exact) mass is 362 g/mol. The molecule has 27 heavy (non-hydrogen) atoms. The van der Waals surface area contributed by atoms with Crippen molar-refractivity contribution in [3.63, 3.8) is 0 Å². The third-order valence-corrected chi connectivity index (χ3v) is 4.69. The van der Waals surface area contributed by atoms with Crippen LogP contribution in [0.4, 0.5) is 5.69 Å². The first-order valence-corrected chi connectivity index (χ1v) is 8.71. The molecular weight excluding hydrogens is 340 g/mol. The van der Waals surface area contributed by atoms with Crippen molar-refractivity contribution in [2.24, 2.45) is 5.41 Å². The third-order valence-electron chi connectivity index (χ3n) is 4.69. The van der Waals surface area contributed by atoms with Crippen LogP contribution in [-0.4, -0.2) is 30.3 Å². The molecule has 2 aromatic carbocycles. The second-order valence-corrected chi connectivity index (χ2v) is 7.41. The highest BCUT2D eigenvalue weighted by atomic mass is 16.2. The summed E-state index contributed by atoms with van der Waals surface area (Å²) in [7, 11) is 1.58. The molecule has 1 aliphatic rings. The fourth-order valence-electron chi connectivity index (χ4n) is 3.36. The minimum Gasteiger partial charge on any atom is -0.399 e. The van der Waals surface area contributed by atoms with E-state index in [1.165, 1.54) is 0 Å². The van der Waals surface area contributed by atoms with Crippen LogP contribution in [0.5, 0.6) is 0 Å². The maximum atomic E-state index is 12.8. The average molecular weight is 362 g/mol. The molecule has 3 rings (SSSR count). The van der Waals surface area contributed by atoms with Crippen molar-refractivity contribution in [3.8, 4) is 17.2 Å². The number of fused-ring (bicyclic) bond motifs is 1. The predicted octanol–water partition coefficient (Wildman–Crippen LogP) is 2.80. The maximum Gasteiger partial charge on any atom is 0.254 e. The summed E-state index contributed by atoms with van der Waals surface area (Å²) in [5.41, 5.74) is 9.54. The van der Waals surface area contributed by atoms with Gasteiger partial charge < -0.3 is 16.0 Å². The van der Waals surface area contributed by atoms with Crippen LogP contribution in [0, 0.1) is 16.7 Å². The molecule has 0 atom stereocenters. The molecule has 1 aliphatic heterocycles. The van der Waals surface area contributed by atoms with Crippen molar-refractivity contribution in [3.05, 3.63) is 53.1 Å². The van der Waals surface area contributed by atoms with Gasteiger partial charge in [0.15, 0.2) is 0 Å². The van der Waals surface area contributed by atoms with E-state index in [2.05, 4.69) is 11.4 Å². The lowest BCUT2D eigenvalue weighted by atomic mass is 9.94. The molecule has 0 aromatic heterocycles. The number of anilines is 1. The van der Waals surface area contributed by atoms with Gasteiger partial charge in [-0.05, 0) is 54.8 Å². The van der Waals surface area contributed by atoms with Gasteiger partial charge in [0, 0.05) is 37.0 Å². The topological polar surface area (TPSA) is 99.2 Å². The summed E-state index contributed by atoms with van der Waals surface area (Å²) >= 11 is 0. The summed E-state index contributed by atoms with van der Waals surface area (Å²) in [6.45, 7) is 4.38. The Bertz CT molecular complexity index is 973. The lowest BCUT2D eigenvalue weighted by Gasteiger charge is -2.23. The van der Waals surface area contributed by atoms with Gasteiger partial charge in [0.1, 0.15) is 0 Å². The first kappa shape index (κ1) is 18.5. The highest BCUT2D eigenvalue weighted by molar-refractivity contribution is 6.02. The Morgan fingerprint density at radius 2 is 2.00 bits per heavy atom. The maximum absolute atomic E-state index is 12.8. The molecule has 2 aromatic rings. The molecule has 0 spiro atoms. The van der Waals surface area contributed by atoms with E-state index in [0.29, 0.717) is 29.9 Å². The van der Waals surface area contributed by atoms with Crippen LogP contribution < -0.4 is 11.1 Å². The molecule has 1 heterocycles. The van der Waals surface area contributed by atoms with Crippen LogP contribution in [0.15, 0.2) is 36.4 Å². The average Bonchev–Trinajstić information content (AvgIpc) is 2.95. The number of carbonyl (C=O) groups is 2. The molecule has 0 unspecified atom stereocenters. The van der Waals surface area contributed by atoms with Gasteiger partial charge in [0.2, 0.25) is 0 Å². The van der Waals surface area contributed by atoms with Crippen LogP contribution in [0.2, 0.25) is 0 Å². The zero-order chi connectivity index (χ0) is 19.8. The second kappa shape index (κ2) is 6.76. The summed E-state index contributed by atoms with van der Waals surface area (Å²) in [6, 6.07) is 13.0. The van der Waals surface area contributed by atoms with Crippen molar-refractivity contribution >= 4 is 17.5 Å². The van der Waals surface area contributed by atoms with Crippen LogP contribution >= 0.6 is 0 Å². The van der Waals surface area contributed by atoms with Gasteiger partial charge in [0.05, 0.1) is 11.5 Å². The van der Waals surface area contributed by atoms with Crippen molar-refractivity contribution in [2.75, 3.05) is 19.3 Å². The van der Waals surface area contributed by atoms with Gasteiger partial charge in [-0.25, -0.2) is 0 Å². The number of nitrogen functional groups attached to an aromatic ring is 1. The normalized spacial score (nSPS) is 13.3. The third kappa shape index (κ3) is 3.49. The minimum atomic E-state index is -0.636. The molecule has 6 heteroatoms. The van der Waals surface area contributed by atoms with Gasteiger partial charge in [-0.1, -0.05) is 12.1 Å². The Labute approximate surface area is 158 Å². The van der Waals surface area contributed by atoms with Gasteiger partial charge >= 0.3 is 0 Å². The van der Waals surface area contributed by atoms with Crippen LogP contribution in [0.25, 0.3) is 11.1 Å². The number of nitrogens with two attached hydrogens (primary N) is 1. The first-order valence-electron chi connectivity index (χ1n) is 8.71. The number of nitrogens with one attached hydrogen (secondary N) is 1. The molecule has 0 fully saturated rings. The van der Waals surface area contributed by atoms with Crippen LogP contribution in [0.1, 0.15) is 40.1 Å². The lowest BCUT2D eigenvalue weighted by molar-refractivity contribution is 0.0738. The number of nitriles is 1. The van der Waals surface area contributed by atoms with E-state index in [9.17, 15) is 14.9 Å². The number of nitrogens with zero attached hydrogens (tertiary/aromatic N) is 2. The lowest BCUT2D eigenvalue weighted by Crippen LogP contribution is -2.33. The molecule has 2 amide bonds. The number of benzene rings is 2. The minimum absolute atomic E-state index is 0.121. The Hall–Kier alpha value is -3.33. The Morgan fingerprint density at radius 3 is 2.67 bits per heavy atom. The molecule has 0 aliphatic carbocycles. The molecular formula is C21H22N4O2. The van der Waals surface area contributed by atoms with Gasteiger partial charge in [-0.15, -0.1) is 0 Å². The molecule has 3 N–H and O–H groups in total. The Morgan fingerprint density at radius 1 is 1.30 bits per heavy atom. The number of hydrogen-bond donors (Lipinski definition) is 2. The van der Waals surface area contributed by atoms with Crippen molar-refractivity contribution in [1.82, 2.24) is 10.2 Å². The first-order chi connectivity index (χ1) is 12.8. The van der Waals surface area contributed by atoms with E-state index >= 15 is 0 Å². The fraction of sp³-hybridized carbons (Fsp3) is 0.286. The zero-order valence-corrected chi connectivity index (χ0v) is 15.7. The second-order valence-electron chi connectivity index (χ2n) is 7.41. The van der Waals surface area contributed by atoms with Crippen molar-refractivity contribution in [2.45, 2.75) is 20.4 Å². The van der Waals surface area contributed by atoms with E-state index in [1.807, 2.05) is 32.0 Å². The summed E-state index contributed by atoms with van der Waals surface area (Å²) in [5.74, 6) is -0.296. The number of amides is 2. The highest BCUT2D eigenvalue weighted by Gasteiger charge is 2.34. The molecule has 6 nitrogen and oxygen atoms in total. The fourth-order valence-corrected chi connectivity index (χ4v) is 3.36. The predicted molar refractivity (Wildman–Crippen MR) is 104 cm³/mol. The molecule has 138 valence electrons. The van der Waals surface area contributed by atoms with Gasteiger partial charge in [-0.2, -0.15) is 5.26 Å². The van der Waals surface area contributed by atoms with Crippen LogP contribution in [0.3, 0.4) is 0 Å². The summed E-state index contributed by atoms with van der Waals surface area (Å²) in [5, 5.41) is 11.9. The van der Waals surface area contributed by atoms with Gasteiger partial charge in [0.25, 0.3) is 11.8 Å². The van der Waals surface area contributed by atoms with E-state index in [1.54, 1.807) is 30.1 Å². The standard InChI is InChI=1S/C21H22N4O2/c1-21(2,11-22)12-25-10-18-16(8-15(23)9-17(18)20(25)27)13-5-4-6-14(7-13)19(26)24-3/h4-9H,10,12,23H2,1-3H3,(H,24,26). The summed E-state index contributed by atoms with van der Waals surface area (Å²) < 4.78 is 0. The highest BCUT2D eigenvalue weighted by Crippen LogP contribution is 2.36. The zero-order valence-electron chi connectivity index (χ0n) is 15.7. The van der Waals surface area contributed by atoms with E-state index in [-0.39, 0.29) is 11.8 Å². The molecule has 0 radical (unpaired) electrons. The quantitative estimate of drug-likeness (QED) is 0.817. The molecule has 0 saturated heterocycles. The largest absolute Gasteiger partial charge is 0.399 e. The molecule has 0 bridgehead atoms. The Kier molecular flexibility index (Phi) is 4.63. The Balaban J connectivity index is 2.05. The number of carbonyl (C=O) groups excluding carboxylic acids is 2. The van der Waals surface area contributed by atoms with Crippen molar-refractivity contribution in [1.29, 1.82) is 5.26 Å². The summed E-state index contributed by atoms with van der Waals surface area (Å²) in [6.07, 6.45) is 0. The number of hydrogen-bond acceptors (Lipinski definition) is 4. The smallest absolute Gasteiger partial charge is 0.254 e. The summed E-state index contributed by atoms with van der Waals surface area (Å²) in [4.78, 5) is 26.5. The molecule has 0 saturated carbocycles. The van der Waals surface area contributed by atoms with Gasteiger partial charge in [-0.3, -0.25) is 9.59 Å². The van der Waals surface area contributed by atoms with E-state index in [4.69, 9.17) is 5.73 Å². The number of rotatable bonds is 4. The van der Waals surface area contributed by atoms with Crippen molar-refractivity contribution < 1.29 is 9.59 Å². The van der Waals surface area contributed by atoms with Crippen LogP contribution in [-0.2, 0) is 6.54 Å². The SMILES string of the molecule is CNC(=O)c1cccc(-c2cc(N)cc3c2CN(CC(C)(C)C#N)C3=O)c1. The van der Waals surface area contributed by atoms with E-state index < -0.39 is 5.41 Å². The van der Waals surface area contributed by atoms with E-state index in [0.717, 1.165) is 16.7 Å².